The minimum atomic E-state index is -0.596. The number of carbonyl (C=O) groups excluding carboxylic acids is 1. The molecule has 0 unspecified atom stereocenters. The molecule has 10 heteroatoms. The Hall–Kier alpha value is -3.43. The van der Waals surface area contributed by atoms with Crippen LogP contribution in [0.25, 0.3) is 11.1 Å². The van der Waals surface area contributed by atoms with E-state index in [1.54, 1.807) is 22.8 Å². The van der Waals surface area contributed by atoms with Crippen LogP contribution in [-0.2, 0) is 24.9 Å². The fraction of sp³-hybridized carbons (Fsp3) is 0.353. The zero-order valence-corrected chi connectivity index (χ0v) is 15.0. The van der Waals surface area contributed by atoms with Gasteiger partial charge in [-0.2, -0.15) is 5.10 Å². The van der Waals surface area contributed by atoms with Crippen molar-refractivity contribution >= 4 is 22.7 Å². The van der Waals surface area contributed by atoms with Crippen molar-refractivity contribution in [3.8, 4) is 0 Å². The van der Waals surface area contributed by atoms with Gasteiger partial charge in [0.05, 0.1) is 22.7 Å². The van der Waals surface area contributed by atoms with E-state index < -0.39 is 10.7 Å². The molecule has 2 aromatic heterocycles. The van der Waals surface area contributed by atoms with E-state index >= 15 is 0 Å². The zero-order valence-electron chi connectivity index (χ0n) is 15.0. The lowest BCUT2D eigenvalue weighted by Crippen LogP contribution is -2.26. The Balaban J connectivity index is 1.61. The van der Waals surface area contributed by atoms with Crippen molar-refractivity contribution in [1.29, 1.82) is 0 Å². The van der Waals surface area contributed by atoms with Crippen molar-refractivity contribution < 1.29 is 14.1 Å². The van der Waals surface area contributed by atoms with E-state index in [0.717, 1.165) is 5.56 Å². The summed E-state index contributed by atoms with van der Waals surface area (Å²) in [5, 5.41) is 14.9. The van der Waals surface area contributed by atoms with Crippen molar-refractivity contribution in [2.75, 3.05) is 7.05 Å². The first-order chi connectivity index (χ1) is 12.8. The second kappa shape index (κ2) is 7.44. The largest absolute Gasteiger partial charge is 0.419 e. The van der Waals surface area contributed by atoms with Gasteiger partial charge in [-0.05, 0) is 12.5 Å². The lowest BCUT2D eigenvalue weighted by atomic mass is 10.2. The number of aryl methyl sites for hydroxylation is 2. The number of nitrogens with zero attached hydrogens (tertiary/aromatic N) is 5. The number of hydrogen-bond donors (Lipinski definition) is 0. The molecule has 0 bridgehead atoms. The number of non-ortho nitro benzene ring substituents is 1. The van der Waals surface area contributed by atoms with Crippen molar-refractivity contribution in [2.24, 2.45) is 7.05 Å². The van der Waals surface area contributed by atoms with Gasteiger partial charge in [-0.1, -0.05) is 0 Å². The average Bonchev–Trinajstić information content (AvgIpc) is 3.16. The molecule has 0 fully saturated rings. The average molecular weight is 373 g/mol. The number of hydrogen-bond acceptors (Lipinski definition) is 6. The van der Waals surface area contributed by atoms with Crippen LogP contribution in [0.5, 0.6) is 0 Å². The van der Waals surface area contributed by atoms with Gasteiger partial charge in [-0.15, -0.1) is 0 Å². The van der Waals surface area contributed by atoms with Crippen LogP contribution in [0.3, 0.4) is 0 Å². The topological polar surface area (TPSA) is 116 Å². The van der Waals surface area contributed by atoms with Gasteiger partial charge in [0.25, 0.3) is 5.69 Å². The molecule has 27 heavy (non-hydrogen) atoms. The first-order valence-electron chi connectivity index (χ1n) is 8.34. The van der Waals surface area contributed by atoms with E-state index in [2.05, 4.69) is 5.10 Å². The third kappa shape index (κ3) is 4.05. The van der Waals surface area contributed by atoms with Crippen molar-refractivity contribution in [3.05, 3.63) is 56.8 Å². The molecule has 142 valence electrons. The van der Waals surface area contributed by atoms with Crippen LogP contribution in [0, 0.1) is 10.1 Å². The molecule has 0 spiro atoms. The predicted octanol–water partition coefficient (Wildman–Crippen LogP) is 1.67. The van der Waals surface area contributed by atoms with Crippen LogP contribution in [0.15, 0.2) is 39.8 Å². The summed E-state index contributed by atoms with van der Waals surface area (Å²) in [5.74, 6) is -0.642. The molecule has 1 aromatic carbocycles. The molecule has 0 atom stereocenters. The van der Waals surface area contributed by atoms with E-state index in [4.69, 9.17) is 4.42 Å². The molecule has 0 aliphatic carbocycles. The first-order valence-corrected chi connectivity index (χ1v) is 8.34. The van der Waals surface area contributed by atoms with Crippen LogP contribution in [0.1, 0.15) is 18.4 Å². The molecule has 3 aromatic rings. The number of carbonyl (C=O) groups is 1. The summed E-state index contributed by atoms with van der Waals surface area (Å²) in [5.41, 5.74) is 1.43. The second-order valence-electron chi connectivity index (χ2n) is 6.30. The number of fused-ring (bicyclic) bond motifs is 1. The quantitative estimate of drug-likeness (QED) is 0.459. The Bertz CT molecular complexity index is 1050. The maximum atomic E-state index is 12.3. The highest BCUT2D eigenvalue weighted by atomic mass is 16.6. The number of nitro benzene ring substituents is 1. The molecule has 3 rings (SSSR count). The van der Waals surface area contributed by atoms with E-state index in [0.29, 0.717) is 18.5 Å². The van der Waals surface area contributed by atoms with Crippen molar-refractivity contribution in [1.82, 2.24) is 19.2 Å². The molecule has 0 N–H and O–H groups in total. The fourth-order valence-electron chi connectivity index (χ4n) is 2.88. The molecule has 0 aliphatic rings. The third-order valence-electron chi connectivity index (χ3n) is 4.24. The molecular formula is C17H19N5O5. The van der Waals surface area contributed by atoms with Gasteiger partial charge in [0, 0.05) is 51.4 Å². The minimum Gasteiger partial charge on any atom is -0.407 e. The third-order valence-corrected chi connectivity index (χ3v) is 4.24. The Morgan fingerprint density at radius 1 is 1.41 bits per heavy atom. The number of benzene rings is 1. The van der Waals surface area contributed by atoms with E-state index in [-0.39, 0.29) is 30.1 Å². The maximum Gasteiger partial charge on any atom is 0.419 e. The Morgan fingerprint density at radius 3 is 2.85 bits per heavy atom. The summed E-state index contributed by atoms with van der Waals surface area (Å²) < 4.78 is 8.13. The Morgan fingerprint density at radius 2 is 2.19 bits per heavy atom. The van der Waals surface area contributed by atoms with Crippen LogP contribution in [0.2, 0.25) is 0 Å². The molecule has 0 saturated carbocycles. The summed E-state index contributed by atoms with van der Waals surface area (Å²) >= 11 is 0. The Kier molecular flexibility index (Phi) is 5.06. The number of oxazole rings is 1. The highest BCUT2D eigenvalue weighted by molar-refractivity contribution is 5.76. The van der Waals surface area contributed by atoms with E-state index in [9.17, 15) is 19.7 Å². The van der Waals surface area contributed by atoms with Crippen molar-refractivity contribution in [3.63, 3.8) is 0 Å². The van der Waals surface area contributed by atoms with Gasteiger partial charge < -0.3 is 9.32 Å². The highest BCUT2D eigenvalue weighted by Gasteiger charge is 2.15. The smallest absolute Gasteiger partial charge is 0.407 e. The molecule has 2 heterocycles. The highest BCUT2D eigenvalue weighted by Crippen LogP contribution is 2.20. The SMILES string of the molecule is CN(Cc1cnn(C)c1)C(=O)CCCn1c(=O)oc2cc([N+](=O)[O-])ccc21. The molecule has 0 saturated heterocycles. The van der Waals surface area contributed by atoms with Gasteiger partial charge in [-0.25, -0.2) is 4.79 Å². The number of amides is 1. The monoisotopic (exact) mass is 373 g/mol. The number of aromatic nitrogens is 3. The lowest BCUT2D eigenvalue weighted by Gasteiger charge is -2.16. The van der Waals surface area contributed by atoms with Gasteiger partial charge in [-0.3, -0.25) is 24.2 Å². The zero-order chi connectivity index (χ0) is 19.6. The van der Waals surface area contributed by atoms with Gasteiger partial charge >= 0.3 is 5.76 Å². The van der Waals surface area contributed by atoms with Gasteiger partial charge in [0.1, 0.15) is 0 Å². The summed E-state index contributed by atoms with van der Waals surface area (Å²) in [6.45, 7) is 0.751. The van der Waals surface area contributed by atoms with Crippen LogP contribution in [-0.4, -0.2) is 37.1 Å². The molecule has 0 aliphatic heterocycles. The molecule has 1 amide bonds. The summed E-state index contributed by atoms with van der Waals surface area (Å²) in [6, 6.07) is 4.02. The summed E-state index contributed by atoms with van der Waals surface area (Å²) in [4.78, 5) is 36.1. The van der Waals surface area contributed by atoms with E-state index in [1.807, 2.05) is 13.2 Å². The van der Waals surface area contributed by atoms with Crippen molar-refractivity contribution in [2.45, 2.75) is 25.9 Å². The number of nitro groups is 1. The van der Waals surface area contributed by atoms with Crippen LogP contribution < -0.4 is 5.76 Å². The molecule has 10 nitrogen and oxygen atoms in total. The maximum absolute atomic E-state index is 12.3. The van der Waals surface area contributed by atoms with Crippen LogP contribution in [0.4, 0.5) is 5.69 Å². The summed E-state index contributed by atoms with van der Waals surface area (Å²) in [6.07, 6.45) is 4.27. The minimum absolute atomic E-state index is 0.0460. The normalized spacial score (nSPS) is 11.0. The number of rotatable bonds is 7. The molecular weight excluding hydrogens is 354 g/mol. The predicted molar refractivity (Wildman–Crippen MR) is 96.0 cm³/mol. The van der Waals surface area contributed by atoms with Gasteiger partial charge in [0.2, 0.25) is 5.91 Å². The van der Waals surface area contributed by atoms with Gasteiger partial charge in [0.15, 0.2) is 5.58 Å². The lowest BCUT2D eigenvalue weighted by molar-refractivity contribution is -0.384. The van der Waals surface area contributed by atoms with E-state index in [1.165, 1.54) is 22.8 Å². The standard InChI is InChI=1S/C17H19N5O5/c1-19(10-12-9-18-20(2)11-12)16(23)4-3-7-21-14-6-5-13(22(25)26)8-15(14)27-17(21)24/h5-6,8-9,11H,3-4,7,10H2,1-2H3. The van der Waals surface area contributed by atoms with Crippen LogP contribution >= 0.6 is 0 Å². The Labute approximate surface area is 153 Å². The summed E-state index contributed by atoms with van der Waals surface area (Å²) in [7, 11) is 3.53. The second-order valence-corrected chi connectivity index (χ2v) is 6.30. The molecule has 0 radical (unpaired) electrons. The first kappa shape index (κ1) is 18.4. The fourth-order valence-corrected chi connectivity index (χ4v) is 2.88.